The number of carbonyl (C=O) groups excluding carboxylic acids is 1. The number of sulfonamides is 1. The third kappa shape index (κ3) is 5.33. The topological polar surface area (TPSA) is 75.7 Å². The quantitative estimate of drug-likeness (QED) is 0.747. The molecular weight excluding hydrogens is 395 g/mol. The van der Waals surface area contributed by atoms with Gasteiger partial charge in [-0.15, -0.1) is 0 Å². The van der Waals surface area contributed by atoms with Gasteiger partial charge in [0.2, 0.25) is 15.9 Å². The van der Waals surface area contributed by atoms with E-state index >= 15 is 0 Å². The third-order valence-electron chi connectivity index (χ3n) is 5.09. The number of nitrogens with one attached hydrogen (secondary N) is 1. The first-order valence-electron chi connectivity index (χ1n) is 9.42. The van der Waals surface area contributed by atoms with Crippen molar-refractivity contribution in [1.82, 2.24) is 9.62 Å². The van der Waals surface area contributed by atoms with E-state index in [9.17, 15) is 17.6 Å². The lowest BCUT2D eigenvalue weighted by Crippen LogP contribution is -2.41. The Balaban J connectivity index is 1.72. The average Bonchev–Trinajstić information content (AvgIpc) is 2.68. The highest BCUT2D eigenvalue weighted by molar-refractivity contribution is 7.88. The zero-order chi connectivity index (χ0) is 21.0. The third-order valence-corrected chi connectivity index (χ3v) is 6.29. The molecule has 6 nitrogen and oxygen atoms in total. The zero-order valence-electron chi connectivity index (χ0n) is 16.5. The van der Waals surface area contributed by atoms with Crippen LogP contribution in [0.15, 0.2) is 42.5 Å². The van der Waals surface area contributed by atoms with Gasteiger partial charge < -0.3 is 10.1 Å². The Morgan fingerprint density at radius 1 is 1.28 bits per heavy atom. The molecule has 2 aromatic rings. The Hall–Kier alpha value is -2.45. The van der Waals surface area contributed by atoms with Crippen LogP contribution in [0.2, 0.25) is 0 Å². The predicted octanol–water partition coefficient (Wildman–Crippen LogP) is 2.79. The lowest BCUT2D eigenvalue weighted by atomic mass is 9.87. The normalized spacial score (nSPS) is 16.3. The highest BCUT2D eigenvalue weighted by Crippen LogP contribution is 2.32. The summed E-state index contributed by atoms with van der Waals surface area (Å²) in [6.07, 6.45) is 3.61. The van der Waals surface area contributed by atoms with Gasteiger partial charge in [0.25, 0.3) is 0 Å². The van der Waals surface area contributed by atoms with E-state index in [4.69, 9.17) is 4.74 Å². The first-order chi connectivity index (χ1) is 13.8. The molecule has 29 heavy (non-hydrogen) atoms. The maximum atomic E-state index is 13.9. The molecule has 0 heterocycles. The van der Waals surface area contributed by atoms with E-state index in [0.29, 0.717) is 0 Å². The molecule has 1 amide bonds. The molecule has 0 saturated carbocycles. The van der Waals surface area contributed by atoms with Gasteiger partial charge in [0.05, 0.1) is 26.0 Å². The molecule has 0 saturated heterocycles. The van der Waals surface area contributed by atoms with Crippen molar-refractivity contribution < 1.29 is 22.3 Å². The second-order valence-electron chi connectivity index (χ2n) is 7.20. The number of fused-ring (bicyclic) bond motifs is 1. The molecule has 0 radical (unpaired) electrons. The van der Waals surface area contributed by atoms with Crippen molar-refractivity contribution in [3.63, 3.8) is 0 Å². The number of rotatable bonds is 7. The van der Waals surface area contributed by atoms with E-state index in [-0.39, 0.29) is 24.7 Å². The standard InChI is InChI=1S/C21H25FN2O4S/c1-28-17-10-11-18-15(12-17)7-5-9-20(18)23-21(25)14-24(29(2,26)27)13-16-6-3-4-8-19(16)22/h3-4,6,8,10-12,20H,5,7,9,13-14H2,1-2H3,(H,23,25)/t20-/m0/s1. The molecule has 2 aromatic carbocycles. The minimum atomic E-state index is -3.70. The van der Waals surface area contributed by atoms with Gasteiger partial charge in [0, 0.05) is 12.1 Å². The molecule has 3 rings (SSSR count). The van der Waals surface area contributed by atoms with Gasteiger partial charge in [-0.2, -0.15) is 4.31 Å². The molecule has 1 aliphatic carbocycles. The Labute approximate surface area is 170 Å². The molecule has 0 bridgehead atoms. The van der Waals surface area contributed by atoms with E-state index in [0.717, 1.165) is 46.7 Å². The summed E-state index contributed by atoms with van der Waals surface area (Å²) >= 11 is 0. The summed E-state index contributed by atoms with van der Waals surface area (Å²) in [6.45, 7) is -0.563. The van der Waals surface area contributed by atoms with E-state index in [2.05, 4.69) is 5.32 Å². The van der Waals surface area contributed by atoms with Crippen LogP contribution in [0.3, 0.4) is 0 Å². The minimum absolute atomic E-state index is 0.188. The van der Waals surface area contributed by atoms with Crippen LogP contribution in [0.4, 0.5) is 4.39 Å². The summed E-state index contributed by atoms with van der Waals surface area (Å²) in [7, 11) is -2.09. The van der Waals surface area contributed by atoms with E-state index < -0.39 is 21.7 Å². The summed E-state index contributed by atoms with van der Waals surface area (Å²) in [5.41, 5.74) is 2.36. The van der Waals surface area contributed by atoms with E-state index in [1.165, 1.54) is 18.2 Å². The van der Waals surface area contributed by atoms with Crippen molar-refractivity contribution in [2.45, 2.75) is 31.8 Å². The molecular formula is C21H25FN2O4S. The maximum Gasteiger partial charge on any atom is 0.235 e. The monoisotopic (exact) mass is 420 g/mol. The molecule has 0 aliphatic heterocycles. The Bertz CT molecular complexity index is 994. The van der Waals surface area contributed by atoms with E-state index in [1.54, 1.807) is 13.2 Å². The summed E-state index contributed by atoms with van der Waals surface area (Å²) in [4.78, 5) is 12.6. The highest BCUT2D eigenvalue weighted by Gasteiger charge is 2.26. The second kappa shape index (κ2) is 8.92. The number of ether oxygens (including phenoxy) is 1. The Morgan fingerprint density at radius 3 is 2.72 bits per heavy atom. The van der Waals surface area contributed by atoms with Crippen molar-refractivity contribution in [2.24, 2.45) is 0 Å². The summed E-state index contributed by atoms with van der Waals surface area (Å²) in [6, 6.07) is 11.5. The van der Waals surface area contributed by atoms with Crippen LogP contribution < -0.4 is 10.1 Å². The minimum Gasteiger partial charge on any atom is -0.497 e. The van der Waals surface area contributed by atoms with Crippen LogP contribution in [0.1, 0.15) is 35.6 Å². The first kappa shape index (κ1) is 21.3. The Kier molecular flexibility index (Phi) is 6.54. The van der Waals surface area contributed by atoms with Crippen molar-refractivity contribution in [2.75, 3.05) is 19.9 Å². The first-order valence-corrected chi connectivity index (χ1v) is 11.3. The SMILES string of the molecule is COc1ccc2c(c1)CCC[C@@H]2NC(=O)CN(Cc1ccccc1F)S(C)(=O)=O. The van der Waals surface area contributed by atoms with Gasteiger partial charge in [0.15, 0.2) is 0 Å². The van der Waals surface area contributed by atoms with Crippen molar-refractivity contribution in [1.29, 1.82) is 0 Å². The molecule has 8 heteroatoms. The van der Waals surface area contributed by atoms with Gasteiger partial charge in [-0.1, -0.05) is 24.3 Å². The van der Waals surface area contributed by atoms with Crippen LogP contribution in [0, 0.1) is 5.82 Å². The van der Waals surface area contributed by atoms with Crippen molar-refractivity contribution in [3.8, 4) is 5.75 Å². The fourth-order valence-electron chi connectivity index (χ4n) is 3.57. The second-order valence-corrected chi connectivity index (χ2v) is 9.18. The molecule has 1 N–H and O–H groups in total. The van der Waals surface area contributed by atoms with Crippen LogP contribution in [-0.4, -0.2) is 38.5 Å². The number of methoxy groups -OCH3 is 1. The van der Waals surface area contributed by atoms with Gasteiger partial charge in [-0.05, 0) is 48.6 Å². The van der Waals surface area contributed by atoms with Gasteiger partial charge in [-0.25, -0.2) is 12.8 Å². The number of carbonyl (C=O) groups is 1. The number of hydrogen-bond acceptors (Lipinski definition) is 4. The average molecular weight is 421 g/mol. The maximum absolute atomic E-state index is 13.9. The fourth-order valence-corrected chi connectivity index (χ4v) is 4.30. The molecule has 0 fully saturated rings. The highest BCUT2D eigenvalue weighted by atomic mass is 32.2. The number of hydrogen-bond donors (Lipinski definition) is 1. The van der Waals surface area contributed by atoms with Crippen molar-refractivity contribution >= 4 is 15.9 Å². The summed E-state index contributed by atoms with van der Waals surface area (Å²) < 4.78 is 44.5. The number of benzene rings is 2. The molecule has 156 valence electrons. The predicted molar refractivity (Wildman–Crippen MR) is 108 cm³/mol. The number of aryl methyl sites for hydroxylation is 1. The van der Waals surface area contributed by atoms with Crippen LogP contribution in [0.25, 0.3) is 0 Å². The van der Waals surface area contributed by atoms with Crippen molar-refractivity contribution in [3.05, 3.63) is 65.0 Å². The molecule has 1 atom stereocenters. The summed E-state index contributed by atoms with van der Waals surface area (Å²) in [5.74, 6) is -0.152. The van der Waals surface area contributed by atoms with Crippen LogP contribution in [0.5, 0.6) is 5.75 Å². The zero-order valence-corrected chi connectivity index (χ0v) is 17.3. The van der Waals surface area contributed by atoms with E-state index in [1.807, 2.05) is 18.2 Å². The summed E-state index contributed by atoms with van der Waals surface area (Å²) in [5, 5.41) is 2.94. The lowest BCUT2D eigenvalue weighted by molar-refractivity contribution is -0.122. The van der Waals surface area contributed by atoms with Crippen LogP contribution in [-0.2, 0) is 27.8 Å². The fraction of sp³-hybridized carbons (Fsp3) is 0.381. The number of halogens is 1. The molecule has 0 unspecified atom stereocenters. The smallest absolute Gasteiger partial charge is 0.235 e. The molecule has 1 aliphatic rings. The van der Waals surface area contributed by atoms with Gasteiger partial charge in [0.1, 0.15) is 11.6 Å². The van der Waals surface area contributed by atoms with Crippen LogP contribution >= 0.6 is 0 Å². The molecule has 0 aromatic heterocycles. The van der Waals surface area contributed by atoms with Gasteiger partial charge >= 0.3 is 0 Å². The number of amides is 1. The largest absolute Gasteiger partial charge is 0.497 e. The molecule has 0 spiro atoms. The Morgan fingerprint density at radius 2 is 2.03 bits per heavy atom. The lowest BCUT2D eigenvalue weighted by Gasteiger charge is -2.28. The number of nitrogens with zero attached hydrogens (tertiary/aromatic N) is 1. The van der Waals surface area contributed by atoms with Gasteiger partial charge in [-0.3, -0.25) is 4.79 Å².